The van der Waals surface area contributed by atoms with Gasteiger partial charge in [-0.15, -0.1) is 0 Å². The van der Waals surface area contributed by atoms with E-state index in [-0.39, 0.29) is 18.1 Å². The Bertz CT molecular complexity index is 1170. The number of amides is 1. The number of para-hydroxylation sites is 1. The molecule has 7 heteroatoms. The normalized spacial score (nSPS) is 17.2. The number of nitrogens with zero attached hydrogens (tertiary/aromatic N) is 1. The van der Waals surface area contributed by atoms with Crippen molar-refractivity contribution in [3.63, 3.8) is 0 Å². The first kappa shape index (κ1) is 18.8. The molecule has 30 heavy (non-hydrogen) atoms. The van der Waals surface area contributed by atoms with Gasteiger partial charge in [0, 0.05) is 19.0 Å². The van der Waals surface area contributed by atoms with Crippen LogP contribution in [0.4, 0.5) is 0 Å². The van der Waals surface area contributed by atoms with Gasteiger partial charge in [-0.05, 0) is 42.7 Å². The molecule has 0 radical (unpaired) electrons. The van der Waals surface area contributed by atoms with Crippen LogP contribution in [0.3, 0.4) is 0 Å². The topological polar surface area (TPSA) is 82.7 Å². The molecule has 156 valence electrons. The molecule has 0 atom stereocenters. The Morgan fingerprint density at radius 2 is 1.90 bits per heavy atom. The van der Waals surface area contributed by atoms with Crippen molar-refractivity contribution in [1.29, 1.82) is 0 Å². The quantitative estimate of drug-likeness (QED) is 0.715. The lowest BCUT2D eigenvalue weighted by Crippen LogP contribution is -2.42. The fraction of sp³-hybridized carbons (Fsp3) is 0.391. The predicted octanol–water partition coefficient (Wildman–Crippen LogP) is 3.49. The van der Waals surface area contributed by atoms with E-state index < -0.39 is 5.76 Å². The van der Waals surface area contributed by atoms with Gasteiger partial charge in [-0.1, -0.05) is 31.4 Å². The Hall–Kier alpha value is -3.22. The molecule has 1 fully saturated rings. The SMILES string of the molecule is Cn1c(=O)oc2c(C(=O)NCC3(c4ccc5c(c4)OCO5)CCCCC3)cccc21. The number of carbonyl (C=O) groups is 1. The number of hydrogen-bond acceptors (Lipinski definition) is 5. The van der Waals surface area contributed by atoms with Crippen molar-refractivity contribution in [2.75, 3.05) is 13.3 Å². The standard InChI is InChI=1S/C23H24N2O5/c1-25-17-7-5-6-16(20(17)30-22(25)27)21(26)24-13-23(10-3-2-4-11-23)15-8-9-18-19(12-15)29-14-28-18/h5-9,12H,2-4,10-11,13-14H2,1H3,(H,24,26). The van der Waals surface area contributed by atoms with Crippen LogP contribution in [0.1, 0.15) is 48.0 Å². The zero-order valence-electron chi connectivity index (χ0n) is 16.9. The first-order valence-corrected chi connectivity index (χ1v) is 10.3. The first-order chi connectivity index (χ1) is 14.6. The van der Waals surface area contributed by atoms with E-state index in [2.05, 4.69) is 17.4 Å². The molecular formula is C23H24N2O5. The molecule has 1 aliphatic heterocycles. The Labute approximate surface area is 173 Å². The second-order valence-corrected chi connectivity index (χ2v) is 8.17. The lowest BCUT2D eigenvalue weighted by atomic mass is 9.69. The van der Waals surface area contributed by atoms with Crippen LogP contribution in [0.5, 0.6) is 11.5 Å². The number of hydrogen-bond donors (Lipinski definition) is 1. The van der Waals surface area contributed by atoms with Crippen molar-refractivity contribution in [2.24, 2.45) is 7.05 Å². The van der Waals surface area contributed by atoms with Crippen LogP contribution in [-0.2, 0) is 12.5 Å². The van der Waals surface area contributed by atoms with E-state index in [1.807, 2.05) is 6.07 Å². The van der Waals surface area contributed by atoms with Crippen LogP contribution in [0, 0.1) is 0 Å². The van der Waals surface area contributed by atoms with E-state index in [0.717, 1.165) is 42.7 Å². The van der Waals surface area contributed by atoms with Gasteiger partial charge >= 0.3 is 5.76 Å². The molecule has 1 saturated carbocycles. The second-order valence-electron chi connectivity index (χ2n) is 8.17. The summed E-state index contributed by atoms with van der Waals surface area (Å²) in [7, 11) is 1.63. The van der Waals surface area contributed by atoms with Gasteiger partial charge in [-0.2, -0.15) is 0 Å². The van der Waals surface area contributed by atoms with Crippen LogP contribution in [0.15, 0.2) is 45.6 Å². The van der Waals surface area contributed by atoms with Crippen LogP contribution in [0.25, 0.3) is 11.1 Å². The molecule has 1 amide bonds. The zero-order chi connectivity index (χ0) is 20.7. The molecule has 0 saturated heterocycles. The monoisotopic (exact) mass is 408 g/mol. The highest BCUT2D eigenvalue weighted by Gasteiger charge is 2.35. The number of ether oxygens (including phenoxy) is 2. The lowest BCUT2D eigenvalue weighted by Gasteiger charge is -2.38. The van der Waals surface area contributed by atoms with E-state index in [9.17, 15) is 9.59 Å². The summed E-state index contributed by atoms with van der Waals surface area (Å²) in [5.41, 5.74) is 2.32. The highest BCUT2D eigenvalue weighted by Crippen LogP contribution is 2.43. The molecular weight excluding hydrogens is 384 g/mol. The van der Waals surface area contributed by atoms with Gasteiger partial charge in [-0.3, -0.25) is 9.36 Å². The molecule has 1 aromatic heterocycles. The number of oxazole rings is 1. The highest BCUT2D eigenvalue weighted by molar-refractivity contribution is 6.04. The van der Waals surface area contributed by atoms with E-state index in [1.54, 1.807) is 25.2 Å². The molecule has 2 aromatic carbocycles. The van der Waals surface area contributed by atoms with Gasteiger partial charge in [0.2, 0.25) is 6.79 Å². The first-order valence-electron chi connectivity index (χ1n) is 10.3. The average Bonchev–Trinajstić information content (AvgIpc) is 3.36. The van der Waals surface area contributed by atoms with Crippen molar-refractivity contribution in [1.82, 2.24) is 9.88 Å². The highest BCUT2D eigenvalue weighted by atomic mass is 16.7. The summed E-state index contributed by atoms with van der Waals surface area (Å²) in [6, 6.07) is 11.3. The van der Waals surface area contributed by atoms with Gasteiger partial charge in [0.15, 0.2) is 17.1 Å². The summed E-state index contributed by atoms with van der Waals surface area (Å²) < 4.78 is 17.8. The molecule has 1 N–H and O–H groups in total. The summed E-state index contributed by atoms with van der Waals surface area (Å²) in [4.78, 5) is 24.9. The fourth-order valence-corrected chi connectivity index (χ4v) is 4.70. The maximum atomic E-state index is 13.1. The zero-order valence-corrected chi connectivity index (χ0v) is 16.9. The number of fused-ring (bicyclic) bond motifs is 2. The molecule has 0 spiro atoms. The minimum absolute atomic E-state index is 0.152. The van der Waals surface area contributed by atoms with E-state index in [0.29, 0.717) is 23.2 Å². The van der Waals surface area contributed by atoms with Crippen molar-refractivity contribution < 1.29 is 18.7 Å². The Morgan fingerprint density at radius 1 is 1.10 bits per heavy atom. The Balaban J connectivity index is 1.43. The minimum atomic E-state index is -0.477. The molecule has 5 rings (SSSR count). The molecule has 0 bridgehead atoms. The summed E-state index contributed by atoms with van der Waals surface area (Å²) in [5, 5.41) is 3.11. The maximum Gasteiger partial charge on any atom is 0.419 e. The van der Waals surface area contributed by atoms with Crippen LogP contribution in [-0.4, -0.2) is 23.8 Å². The number of aromatic nitrogens is 1. The molecule has 0 unspecified atom stereocenters. The van der Waals surface area contributed by atoms with Crippen molar-refractivity contribution >= 4 is 17.0 Å². The summed E-state index contributed by atoms with van der Waals surface area (Å²) >= 11 is 0. The Morgan fingerprint density at radius 3 is 2.73 bits per heavy atom. The Kier molecular flexibility index (Phi) is 4.53. The van der Waals surface area contributed by atoms with Gasteiger partial charge in [-0.25, -0.2) is 4.79 Å². The predicted molar refractivity (Wildman–Crippen MR) is 111 cm³/mol. The number of nitrogens with one attached hydrogen (secondary N) is 1. The third-order valence-corrected chi connectivity index (χ3v) is 6.45. The number of carbonyl (C=O) groups excluding carboxylic acids is 1. The smallest absolute Gasteiger partial charge is 0.419 e. The van der Waals surface area contributed by atoms with Crippen LogP contribution >= 0.6 is 0 Å². The summed E-state index contributed by atoms with van der Waals surface area (Å²) in [6.07, 6.45) is 5.44. The largest absolute Gasteiger partial charge is 0.454 e. The molecule has 2 aliphatic rings. The lowest BCUT2D eigenvalue weighted by molar-refractivity contribution is 0.0937. The molecule has 3 aromatic rings. The van der Waals surface area contributed by atoms with E-state index >= 15 is 0 Å². The third kappa shape index (κ3) is 3.05. The van der Waals surface area contributed by atoms with E-state index in [4.69, 9.17) is 13.9 Å². The average molecular weight is 408 g/mol. The fourth-order valence-electron chi connectivity index (χ4n) is 4.70. The second kappa shape index (κ2) is 7.23. The van der Waals surface area contributed by atoms with Crippen LogP contribution in [0.2, 0.25) is 0 Å². The summed E-state index contributed by atoms with van der Waals surface area (Å²) in [5.74, 6) is 0.814. The number of rotatable bonds is 4. The van der Waals surface area contributed by atoms with Crippen molar-refractivity contribution in [2.45, 2.75) is 37.5 Å². The maximum absolute atomic E-state index is 13.1. The third-order valence-electron chi connectivity index (χ3n) is 6.45. The van der Waals surface area contributed by atoms with Gasteiger partial charge in [0.1, 0.15) is 0 Å². The van der Waals surface area contributed by atoms with Crippen molar-refractivity contribution in [3.05, 3.63) is 58.1 Å². The van der Waals surface area contributed by atoms with Crippen LogP contribution < -0.4 is 20.5 Å². The van der Waals surface area contributed by atoms with E-state index in [1.165, 1.54) is 11.0 Å². The number of benzene rings is 2. The summed E-state index contributed by atoms with van der Waals surface area (Å²) in [6.45, 7) is 0.758. The molecule has 1 aliphatic carbocycles. The molecule has 7 nitrogen and oxygen atoms in total. The van der Waals surface area contributed by atoms with Gasteiger partial charge in [0.05, 0.1) is 11.1 Å². The minimum Gasteiger partial charge on any atom is -0.454 e. The van der Waals surface area contributed by atoms with Gasteiger partial charge in [0.25, 0.3) is 5.91 Å². The molecule has 2 heterocycles. The number of aryl methyl sites for hydroxylation is 1. The van der Waals surface area contributed by atoms with Crippen molar-refractivity contribution in [3.8, 4) is 11.5 Å². The van der Waals surface area contributed by atoms with Gasteiger partial charge < -0.3 is 19.2 Å².